The van der Waals surface area contributed by atoms with Crippen LogP contribution in [0.4, 0.5) is 0 Å². The summed E-state index contributed by atoms with van der Waals surface area (Å²) in [7, 11) is 0. The Balaban J connectivity index is 0.00000128. The van der Waals surface area contributed by atoms with Crippen molar-refractivity contribution >= 4 is 60.9 Å². The van der Waals surface area contributed by atoms with Crippen LogP contribution in [-0.2, 0) is 0 Å². The van der Waals surface area contributed by atoms with E-state index in [0.29, 0.717) is 0 Å². The van der Waals surface area contributed by atoms with Crippen molar-refractivity contribution in [3.8, 4) is 0 Å². The van der Waals surface area contributed by atoms with E-state index in [4.69, 9.17) is 11.1 Å². The van der Waals surface area contributed by atoms with Crippen LogP contribution in [0, 0.1) is 5.41 Å². The van der Waals surface area contributed by atoms with Gasteiger partial charge in [-0.05, 0) is 60.8 Å². The summed E-state index contributed by atoms with van der Waals surface area (Å²) in [6.07, 6.45) is 0. The Morgan fingerprint density at radius 3 is 2.12 bits per heavy atom. The third-order valence-electron chi connectivity index (χ3n) is 2.19. The number of halogens is 3. The summed E-state index contributed by atoms with van der Waals surface area (Å²) in [5.41, 5.74) is 6.18. The molecule has 0 saturated carbocycles. The van der Waals surface area contributed by atoms with Crippen LogP contribution in [0.5, 0.6) is 0 Å². The average Bonchev–Trinajstić information content (AvgIpc) is 2.19. The van der Waals surface area contributed by atoms with Crippen LogP contribution in [0.3, 0.4) is 0 Å². The summed E-state index contributed by atoms with van der Waals surface area (Å²) in [6.45, 7) is 0. The first-order chi connectivity index (χ1) is 7.08. The van der Waals surface area contributed by atoms with Crippen LogP contribution < -0.4 is 5.73 Å². The molecular formula is C11H9Br2ClN2. The summed E-state index contributed by atoms with van der Waals surface area (Å²) >= 11 is 6.90. The predicted molar refractivity (Wildman–Crippen MR) is 77.6 cm³/mol. The first kappa shape index (κ1) is 13.5. The van der Waals surface area contributed by atoms with Crippen LogP contribution in [0.25, 0.3) is 10.8 Å². The fraction of sp³-hybridized carbons (Fsp3) is 0. The number of hydrogen-bond acceptors (Lipinski definition) is 1. The molecule has 3 N–H and O–H groups in total. The lowest BCUT2D eigenvalue weighted by Crippen LogP contribution is -2.10. The fourth-order valence-electron chi connectivity index (χ4n) is 1.41. The van der Waals surface area contributed by atoms with E-state index in [1.807, 2.05) is 30.3 Å². The van der Waals surface area contributed by atoms with Gasteiger partial charge in [0.1, 0.15) is 5.84 Å². The van der Waals surface area contributed by atoms with Gasteiger partial charge in [-0.25, -0.2) is 0 Å². The molecular weight excluding hydrogens is 355 g/mol. The Morgan fingerprint density at radius 1 is 1.00 bits per heavy atom. The molecule has 0 unspecified atom stereocenters. The Bertz CT molecular complexity index is 555. The number of nitrogen functional groups attached to an aromatic ring is 1. The maximum Gasteiger partial charge on any atom is 0.122 e. The van der Waals surface area contributed by atoms with Gasteiger partial charge in [-0.1, -0.05) is 12.1 Å². The molecule has 0 aliphatic heterocycles. The molecule has 2 aromatic carbocycles. The number of hydrogen-bond donors (Lipinski definition) is 2. The number of rotatable bonds is 1. The van der Waals surface area contributed by atoms with Crippen LogP contribution >= 0.6 is 44.3 Å². The normalized spacial score (nSPS) is 9.88. The topological polar surface area (TPSA) is 49.9 Å². The molecule has 0 atom stereocenters. The molecule has 0 saturated heterocycles. The second-order valence-corrected chi connectivity index (χ2v) is 4.95. The van der Waals surface area contributed by atoms with Gasteiger partial charge in [0.15, 0.2) is 0 Å². The predicted octanol–water partition coefficient (Wildman–Crippen LogP) is 4.07. The van der Waals surface area contributed by atoms with Gasteiger partial charge >= 0.3 is 0 Å². The van der Waals surface area contributed by atoms with Crippen molar-refractivity contribution in [2.75, 3.05) is 0 Å². The molecule has 0 fully saturated rings. The minimum Gasteiger partial charge on any atom is -0.384 e. The van der Waals surface area contributed by atoms with Crippen LogP contribution in [0.1, 0.15) is 5.56 Å². The van der Waals surface area contributed by atoms with Gasteiger partial charge in [-0.15, -0.1) is 12.4 Å². The molecule has 0 aliphatic carbocycles. The highest BCUT2D eigenvalue weighted by Gasteiger charge is 2.02. The molecule has 2 aromatic rings. The quantitative estimate of drug-likeness (QED) is 0.582. The molecule has 0 aliphatic rings. The van der Waals surface area contributed by atoms with E-state index < -0.39 is 0 Å². The van der Waals surface area contributed by atoms with Gasteiger partial charge in [0.25, 0.3) is 0 Å². The molecule has 0 spiro atoms. The minimum atomic E-state index is 0. The largest absolute Gasteiger partial charge is 0.384 e. The number of nitrogens with two attached hydrogens (primary N) is 1. The maximum atomic E-state index is 7.36. The Morgan fingerprint density at radius 2 is 1.56 bits per heavy atom. The first-order valence-electron chi connectivity index (χ1n) is 4.31. The van der Waals surface area contributed by atoms with Crippen molar-refractivity contribution < 1.29 is 0 Å². The van der Waals surface area contributed by atoms with Crippen molar-refractivity contribution in [1.82, 2.24) is 0 Å². The zero-order valence-electron chi connectivity index (χ0n) is 8.13. The standard InChI is InChI=1S/C11H8Br2N2.ClH/c12-9-4-6-1-2-7(11(14)15)3-8(6)5-10(9)13;/h1-5H,(H3,14,15);1H. The van der Waals surface area contributed by atoms with E-state index in [1.54, 1.807) is 0 Å². The first-order valence-corrected chi connectivity index (χ1v) is 5.90. The number of amidine groups is 1. The van der Waals surface area contributed by atoms with E-state index in [9.17, 15) is 0 Å². The summed E-state index contributed by atoms with van der Waals surface area (Å²) < 4.78 is 2.02. The highest BCUT2D eigenvalue weighted by atomic mass is 79.9. The molecule has 0 amide bonds. The Kier molecular flexibility index (Phi) is 4.35. The Labute approximate surface area is 116 Å². The van der Waals surface area contributed by atoms with E-state index in [-0.39, 0.29) is 18.2 Å². The van der Waals surface area contributed by atoms with E-state index in [0.717, 1.165) is 25.3 Å². The van der Waals surface area contributed by atoms with Gasteiger partial charge in [0.2, 0.25) is 0 Å². The van der Waals surface area contributed by atoms with Crippen LogP contribution in [0.2, 0.25) is 0 Å². The summed E-state index contributed by atoms with van der Waals surface area (Å²) in [5, 5.41) is 9.55. The van der Waals surface area contributed by atoms with Crippen LogP contribution in [-0.4, -0.2) is 5.84 Å². The van der Waals surface area contributed by atoms with Gasteiger partial charge in [-0.3, -0.25) is 5.41 Å². The molecule has 0 aromatic heterocycles. The summed E-state index contributed by atoms with van der Waals surface area (Å²) in [6, 6.07) is 9.76. The molecule has 0 heterocycles. The fourth-order valence-corrected chi connectivity index (χ4v) is 2.13. The van der Waals surface area contributed by atoms with E-state index >= 15 is 0 Å². The number of fused-ring (bicyclic) bond motifs is 1. The lowest BCUT2D eigenvalue weighted by molar-refractivity contribution is 1.43. The van der Waals surface area contributed by atoms with E-state index in [2.05, 4.69) is 31.9 Å². The molecule has 16 heavy (non-hydrogen) atoms. The average molecular weight is 364 g/mol. The third-order valence-corrected chi connectivity index (χ3v) is 4.03. The Hall–Kier alpha value is -0.580. The van der Waals surface area contributed by atoms with Gasteiger partial charge in [0.05, 0.1) is 0 Å². The van der Waals surface area contributed by atoms with Gasteiger partial charge < -0.3 is 5.73 Å². The minimum absolute atomic E-state index is 0. The lowest BCUT2D eigenvalue weighted by Gasteiger charge is -2.04. The highest BCUT2D eigenvalue weighted by Crippen LogP contribution is 2.28. The maximum absolute atomic E-state index is 7.36. The monoisotopic (exact) mass is 362 g/mol. The zero-order chi connectivity index (χ0) is 11.0. The van der Waals surface area contributed by atoms with Crippen LogP contribution in [0.15, 0.2) is 39.3 Å². The SMILES string of the molecule is Cl.N=C(N)c1ccc2cc(Br)c(Br)cc2c1. The van der Waals surface area contributed by atoms with Crippen molar-refractivity contribution in [3.05, 3.63) is 44.8 Å². The molecule has 2 nitrogen and oxygen atoms in total. The highest BCUT2D eigenvalue weighted by molar-refractivity contribution is 9.13. The van der Waals surface area contributed by atoms with Gasteiger partial charge in [-0.2, -0.15) is 0 Å². The lowest BCUT2D eigenvalue weighted by atomic mass is 10.1. The number of nitrogens with one attached hydrogen (secondary N) is 1. The molecule has 84 valence electrons. The van der Waals surface area contributed by atoms with Gasteiger partial charge in [0, 0.05) is 14.5 Å². The number of benzene rings is 2. The third kappa shape index (κ3) is 2.56. The second kappa shape index (κ2) is 5.17. The van der Waals surface area contributed by atoms with Crippen molar-refractivity contribution in [3.63, 3.8) is 0 Å². The van der Waals surface area contributed by atoms with Crippen molar-refractivity contribution in [2.45, 2.75) is 0 Å². The molecule has 0 bridgehead atoms. The molecule has 0 radical (unpaired) electrons. The second-order valence-electron chi connectivity index (χ2n) is 3.24. The smallest absolute Gasteiger partial charge is 0.122 e. The summed E-state index contributed by atoms with van der Waals surface area (Å²) in [5.74, 6) is 0.0935. The molecule has 2 rings (SSSR count). The van der Waals surface area contributed by atoms with Crippen molar-refractivity contribution in [1.29, 1.82) is 5.41 Å². The zero-order valence-corrected chi connectivity index (χ0v) is 12.1. The summed E-state index contributed by atoms with van der Waals surface area (Å²) in [4.78, 5) is 0. The van der Waals surface area contributed by atoms with Crippen molar-refractivity contribution in [2.24, 2.45) is 5.73 Å². The molecule has 5 heteroatoms. The van der Waals surface area contributed by atoms with E-state index in [1.165, 1.54) is 0 Å².